The van der Waals surface area contributed by atoms with E-state index in [0.717, 1.165) is 28.9 Å². The van der Waals surface area contributed by atoms with Crippen LogP contribution in [0.5, 0.6) is 0 Å². The zero-order chi connectivity index (χ0) is 14.1. The summed E-state index contributed by atoms with van der Waals surface area (Å²) in [7, 11) is 0. The molecule has 2 aromatic rings. The van der Waals surface area contributed by atoms with Gasteiger partial charge in [-0.25, -0.2) is 0 Å². The van der Waals surface area contributed by atoms with Gasteiger partial charge in [0.2, 0.25) is 11.7 Å². The van der Waals surface area contributed by atoms with Crippen molar-refractivity contribution in [3.8, 4) is 11.4 Å². The van der Waals surface area contributed by atoms with E-state index in [1.807, 2.05) is 0 Å². The monoisotopic (exact) mass is 335 g/mol. The van der Waals surface area contributed by atoms with Crippen LogP contribution in [0.1, 0.15) is 29.9 Å². The second kappa shape index (κ2) is 5.66. The quantitative estimate of drug-likeness (QED) is 0.933. The number of halogens is 1. The van der Waals surface area contributed by atoms with Crippen LogP contribution in [-0.2, 0) is 6.42 Å². The van der Waals surface area contributed by atoms with Gasteiger partial charge < -0.3 is 9.84 Å². The molecule has 0 saturated carbocycles. The van der Waals surface area contributed by atoms with Gasteiger partial charge in [-0.3, -0.25) is 0 Å². The minimum absolute atomic E-state index is 0.483. The van der Waals surface area contributed by atoms with Gasteiger partial charge in [0.15, 0.2) is 0 Å². The molecule has 4 nitrogen and oxygen atoms in total. The maximum Gasteiger partial charge on any atom is 0.228 e. The van der Waals surface area contributed by atoms with Crippen LogP contribution >= 0.6 is 15.9 Å². The fraction of sp³-hybridized carbons (Fsp3) is 0.467. The Hall–Kier alpha value is -1.20. The highest BCUT2D eigenvalue weighted by molar-refractivity contribution is 9.10. The van der Waals surface area contributed by atoms with Gasteiger partial charge in [0, 0.05) is 22.5 Å². The molecule has 1 atom stereocenters. The molecule has 1 saturated heterocycles. The number of nitrogens with zero attached hydrogens (tertiary/aromatic N) is 2. The number of nitrogens with one attached hydrogen (secondary N) is 1. The maximum absolute atomic E-state index is 5.38. The van der Waals surface area contributed by atoms with Crippen molar-refractivity contribution in [2.75, 3.05) is 6.54 Å². The second-order valence-electron chi connectivity index (χ2n) is 5.43. The molecule has 1 aromatic heterocycles. The van der Waals surface area contributed by atoms with Crippen molar-refractivity contribution < 1.29 is 4.52 Å². The first kappa shape index (κ1) is 13.8. The van der Waals surface area contributed by atoms with Crippen molar-refractivity contribution >= 4 is 15.9 Å². The zero-order valence-electron chi connectivity index (χ0n) is 11.7. The Morgan fingerprint density at radius 3 is 2.75 bits per heavy atom. The molecule has 106 valence electrons. The number of rotatable bonds is 3. The topological polar surface area (TPSA) is 51.0 Å². The molecule has 3 rings (SSSR count). The van der Waals surface area contributed by atoms with Crippen LogP contribution in [0.25, 0.3) is 11.4 Å². The molecule has 1 aliphatic rings. The first-order valence-electron chi connectivity index (χ1n) is 6.96. The predicted molar refractivity (Wildman–Crippen MR) is 81.6 cm³/mol. The molecule has 0 bridgehead atoms. The normalized spacial score (nSPS) is 18.6. The number of hydrogen-bond donors (Lipinski definition) is 1. The summed E-state index contributed by atoms with van der Waals surface area (Å²) in [4.78, 5) is 4.52. The fourth-order valence-electron chi connectivity index (χ4n) is 2.67. The molecule has 1 fully saturated rings. The Balaban J connectivity index is 1.82. The highest BCUT2D eigenvalue weighted by Gasteiger charge is 2.18. The van der Waals surface area contributed by atoms with Crippen molar-refractivity contribution in [2.45, 2.75) is 39.2 Å². The molecule has 0 spiro atoms. The molecule has 0 radical (unpaired) electrons. The molecule has 1 N–H and O–H groups in total. The third kappa shape index (κ3) is 2.79. The fourth-order valence-corrected chi connectivity index (χ4v) is 2.90. The Kier molecular flexibility index (Phi) is 3.89. The summed E-state index contributed by atoms with van der Waals surface area (Å²) in [6.45, 7) is 5.24. The van der Waals surface area contributed by atoms with E-state index in [1.165, 1.54) is 24.0 Å². The lowest BCUT2D eigenvalue weighted by Crippen LogP contribution is -2.23. The lowest BCUT2D eigenvalue weighted by Gasteiger charge is -2.05. The molecular weight excluding hydrogens is 318 g/mol. The summed E-state index contributed by atoms with van der Waals surface area (Å²) in [6.07, 6.45) is 3.24. The van der Waals surface area contributed by atoms with E-state index in [1.54, 1.807) is 0 Å². The van der Waals surface area contributed by atoms with E-state index in [9.17, 15) is 0 Å². The molecule has 2 heterocycles. The van der Waals surface area contributed by atoms with Crippen molar-refractivity contribution in [1.82, 2.24) is 15.5 Å². The predicted octanol–water partition coefficient (Wildman–Crippen LogP) is 3.41. The van der Waals surface area contributed by atoms with Gasteiger partial charge in [-0.2, -0.15) is 4.98 Å². The molecular formula is C15H18BrN3O. The molecule has 1 unspecified atom stereocenters. The van der Waals surface area contributed by atoms with Crippen molar-refractivity contribution in [2.24, 2.45) is 0 Å². The van der Waals surface area contributed by atoms with E-state index < -0.39 is 0 Å². The molecule has 0 aliphatic carbocycles. The van der Waals surface area contributed by atoms with Gasteiger partial charge in [0.25, 0.3) is 0 Å². The summed E-state index contributed by atoms with van der Waals surface area (Å²) in [5, 5.41) is 7.56. The zero-order valence-corrected chi connectivity index (χ0v) is 13.3. The standard InChI is InChI=1S/C15H18BrN3O/c1-9-6-11(7-10(2)14(9)16)15-18-13(20-19-15)8-12-4-3-5-17-12/h6-7,12,17H,3-5,8H2,1-2H3. The minimum atomic E-state index is 0.483. The summed E-state index contributed by atoms with van der Waals surface area (Å²) in [5.74, 6) is 1.40. The van der Waals surface area contributed by atoms with Gasteiger partial charge >= 0.3 is 0 Å². The summed E-state index contributed by atoms with van der Waals surface area (Å²) >= 11 is 3.58. The van der Waals surface area contributed by atoms with E-state index >= 15 is 0 Å². The second-order valence-corrected chi connectivity index (χ2v) is 6.23. The van der Waals surface area contributed by atoms with Gasteiger partial charge in [-0.1, -0.05) is 21.1 Å². The summed E-state index contributed by atoms with van der Waals surface area (Å²) in [6, 6.07) is 4.65. The van der Waals surface area contributed by atoms with Crippen LogP contribution in [0.4, 0.5) is 0 Å². The van der Waals surface area contributed by atoms with Crippen LogP contribution in [0.3, 0.4) is 0 Å². The van der Waals surface area contributed by atoms with Gasteiger partial charge in [0.05, 0.1) is 0 Å². The maximum atomic E-state index is 5.38. The number of hydrogen-bond acceptors (Lipinski definition) is 4. The molecule has 5 heteroatoms. The van der Waals surface area contributed by atoms with E-state index in [-0.39, 0.29) is 0 Å². The summed E-state index contributed by atoms with van der Waals surface area (Å²) in [5.41, 5.74) is 3.38. The minimum Gasteiger partial charge on any atom is -0.339 e. The third-order valence-corrected chi connectivity index (χ3v) is 5.00. The molecule has 20 heavy (non-hydrogen) atoms. The lowest BCUT2D eigenvalue weighted by atomic mass is 10.1. The van der Waals surface area contributed by atoms with Gasteiger partial charge in [-0.05, 0) is 56.5 Å². The average molecular weight is 336 g/mol. The first-order valence-corrected chi connectivity index (χ1v) is 7.76. The van der Waals surface area contributed by atoms with E-state index in [0.29, 0.717) is 11.9 Å². The Morgan fingerprint density at radius 1 is 1.35 bits per heavy atom. The van der Waals surface area contributed by atoms with E-state index in [4.69, 9.17) is 4.52 Å². The Bertz CT molecular complexity index is 594. The van der Waals surface area contributed by atoms with Crippen LogP contribution in [0.2, 0.25) is 0 Å². The van der Waals surface area contributed by atoms with Crippen molar-refractivity contribution in [3.05, 3.63) is 33.6 Å². The highest BCUT2D eigenvalue weighted by Crippen LogP contribution is 2.27. The lowest BCUT2D eigenvalue weighted by molar-refractivity contribution is 0.364. The first-order chi connectivity index (χ1) is 9.63. The largest absolute Gasteiger partial charge is 0.339 e. The van der Waals surface area contributed by atoms with Crippen LogP contribution in [-0.4, -0.2) is 22.7 Å². The van der Waals surface area contributed by atoms with Crippen molar-refractivity contribution in [1.29, 1.82) is 0 Å². The number of benzene rings is 1. The summed E-state index contributed by atoms with van der Waals surface area (Å²) < 4.78 is 6.52. The Morgan fingerprint density at radius 2 is 2.10 bits per heavy atom. The third-order valence-electron chi connectivity index (χ3n) is 3.75. The SMILES string of the molecule is Cc1cc(-c2noc(CC3CCCN3)n2)cc(C)c1Br. The Labute approximate surface area is 127 Å². The number of aromatic nitrogens is 2. The number of aryl methyl sites for hydroxylation is 2. The molecule has 1 aliphatic heterocycles. The van der Waals surface area contributed by atoms with Crippen LogP contribution < -0.4 is 5.32 Å². The highest BCUT2D eigenvalue weighted by atomic mass is 79.9. The van der Waals surface area contributed by atoms with Gasteiger partial charge in [0.1, 0.15) is 0 Å². The van der Waals surface area contributed by atoms with Crippen LogP contribution in [0.15, 0.2) is 21.1 Å². The van der Waals surface area contributed by atoms with Gasteiger partial charge in [-0.15, -0.1) is 0 Å². The van der Waals surface area contributed by atoms with Crippen LogP contribution in [0, 0.1) is 13.8 Å². The van der Waals surface area contributed by atoms with Crippen molar-refractivity contribution in [3.63, 3.8) is 0 Å². The van der Waals surface area contributed by atoms with E-state index in [2.05, 4.69) is 57.4 Å². The average Bonchev–Trinajstić information content (AvgIpc) is 3.07. The smallest absolute Gasteiger partial charge is 0.228 e. The molecule has 0 amide bonds. The molecule has 1 aromatic carbocycles.